The molecule has 2 rings (SSSR count). The molecular formula is C19H38N2O6+2. The van der Waals surface area contributed by atoms with Gasteiger partial charge in [0.25, 0.3) is 0 Å². The second-order valence-corrected chi connectivity index (χ2v) is 8.62. The highest BCUT2D eigenvalue weighted by Crippen LogP contribution is 2.20. The number of likely N-dealkylation sites (tertiary alicyclic amines) is 2. The van der Waals surface area contributed by atoms with Crippen LogP contribution in [-0.4, -0.2) is 107 Å². The number of carbonyl (C=O) groups is 2. The molecule has 0 bridgehead atoms. The summed E-state index contributed by atoms with van der Waals surface area (Å²) in [5.74, 6) is -3.54. The van der Waals surface area contributed by atoms with Crippen molar-refractivity contribution in [3.8, 4) is 0 Å². The molecule has 2 heterocycles. The number of carboxylic acid groups (broad SMARTS) is 2. The van der Waals surface area contributed by atoms with E-state index >= 15 is 0 Å². The molecule has 2 unspecified atom stereocenters. The van der Waals surface area contributed by atoms with Gasteiger partial charge in [0.05, 0.1) is 53.4 Å². The molecular weight excluding hydrogens is 352 g/mol. The largest absolute Gasteiger partial charge is 0.479 e. The van der Waals surface area contributed by atoms with Gasteiger partial charge in [-0.15, -0.1) is 0 Å². The lowest BCUT2D eigenvalue weighted by Gasteiger charge is -2.30. The van der Waals surface area contributed by atoms with Crippen LogP contribution in [0, 0.1) is 0 Å². The molecule has 0 radical (unpaired) electrons. The van der Waals surface area contributed by atoms with E-state index in [2.05, 4.69) is 14.1 Å². The van der Waals surface area contributed by atoms with Gasteiger partial charge in [0.1, 0.15) is 0 Å². The smallest absolute Gasteiger partial charge is 0.335 e. The molecule has 2 fully saturated rings. The van der Waals surface area contributed by atoms with Crippen molar-refractivity contribution in [2.24, 2.45) is 0 Å². The summed E-state index contributed by atoms with van der Waals surface area (Å²) in [6, 6.07) is 0. The fourth-order valence-electron chi connectivity index (χ4n) is 4.08. The van der Waals surface area contributed by atoms with Crippen LogP contribution in [0.1, 0.15) is 44.9 Å². The Morgan fingerprint density at radius 3 is 1.26 bits per heavy atom. The Hall–Kier alpha value is -1.22. The molecule has 0 aromatic carbocycles. The molecule has 0 aromatic heterocycles. The molecule has 8 nitrogen and oxygen atoms in total. The average Bonchev–Trinajstić information content (AvgIpc) is 3.23. The quantitative estimate of drug-likeness (QED) is 0.337. The van der Waals surface area contributed by atoms with Gasteiger partial charge in [0.2, 0.25) is 0 Å². The van der Waals surface area contributed by atoms with Gasteiger partial charge in [-0.3, -0.25) is 0 Å². The molecule has 27 heavy (non-hydrogen) atoms. The first kappa shape index (κ1) is 23.8. The minimum atomic E-state index is -2.27. The lowest BCUT2D eigenvalue weighted by Crippen LogP contribution is -2.42. The third kappa shape index (κ3) is 8.55. The highest BCUT2D eigenvalue weighted by Gasteiger charge is 2.29. The lowest BCUT2D eigenvalue weighted by atomic mass is 10.2. The minimum absolute atomic E-state index is 1.37. The SMILES string of the molecule is C[N+]1(CCCCC[N+]2(C)CCCC2)CCCC1.O=C(O)C(O)C(O)C(=O)O. The second kappa shape index (κ2) is 10.9. The molecule has 0 saturated carbocycles. The Bertz CT molecular complexity index is 431. The van der Waals surface area contributed by atoms with Crippen LogP contribution in [0.15, 0.2) is 0 Å². The first-order valence-corrected chi connectivity index (χ1v) is 10.1. The van der Waals surface area contributed by atoms with Crippen molar-refractivity contribution in [2.45, 2.75) is 57.2 Å². The van der Waals surface area contributed by atoms with E-state index in [0.29, 0.717) is 0 Å². The van der Waals surface area contributed by atoms with Gasteiger partial charge in [-0.25, -0.2) is 9.59 Å². The molecule has 0 amide bonds. The van der Waals surface area contributed by atoms with Crippen molar-refractivity contribution in [3.05, 3.63) is 0 Å². The van der Waals surface area contributed by atoms with Gasteiger partial charge < -0.3 is 29.4 Å². The van der Waals surface area contributed by atoms with E-state index in [-0.39, 0.29) is 0 Å². The van der Waals surface area contributed by atoms with Crippen LogP contribution in [0.25, 0.3) is 0 Å². The monoisotopic (exact) mass is 390 g/mol. The summed E-state index contributed by atoms with van der Waals surface area (Å²) in [6.45, 7) is 8.62. The third-order valence-corrected chi connectivity index (χ3v) is 5.99. The van der Waals surface area contributed by atoms with Crippen LogP contribution in [0.2, 0.25) is 0 Å². The van der Waals surface area contributed by atoms with Crippen LogP contribution in [0.3, 0.4) is 0 Å². The minimum Gasteiger partial charge on any atom is -0.479 e. The number of hydrogen-bond donors (Lipinski definition) is 4. The van der Waals surface area contributed by atoms with E-state index in [4.69, 9.17) is 20.4 Å². The molecule has 4 N–H and O–H groups in total. The van der Waals surface area contributed by atoms with Crippen LogP contribution in [0.4, 0.5) is 0 Å². The number of nitrogens with zero attached hydrogens (tertiary/aromatic N) is 2. The number of aliphatic hydroxyl groups excluding tert-OH is 2. The number of aliphatic hydroxyl groups is 2. The molecule has 2 atom stereocenters. The molecule has 2 aliphatic heterocycles. The number of unbranched alkanes of at least 4 members (excludes halogenated alkanes) is 2. The van der Waals surface area contributed by atoms with Gasteiger partial charge in [-0.1, -0.05) is 0 Å². The van der Waals surface area contributed by atoms with Crippen molar-refractivity contribution in [3.63, 3.8) is 0 Å². The Balaban J connectivity index is 0.000000314. The molecule has 2 aliphatic rings. The van der Waals surface area contributed by atoms with Gasteiger partial charge in [0, 0.05) is 25.7 Å². The zero-order valence-electron chi connectivity index (χ0n) is 16.8. The van der Waals surface area contributed by atoms with E-state index < -0.39 is 24.1 Å². The van der Waals surface area contributed by atoms with Gasteiger partial charge in [0.15, 0.2) is 12.2 Å². The standard InChI is InChI=1S/C15H32N2.C4H6O6/c1-16(12-6-7-13-16)10-4-3-5-11-17(2)14-8-9-15-17;5-1(3(7)8)2(6)4(9)10/h3-15H2,1-2H3;1-2,5-6H,(H,7,8)(H,9,10)/q+2;. The Morgan fingerprint density at radius 1 is 0.704 bits per heavy atom. The summed E-state index contributed by atoms with van der Waals surface area (Å²) in [7, 11) is 4.92. The average molecular weight is 391 g/mol. The summed E-state index contributed by atoms with van der Waals surface area (Å²) in [4.78, 5) is 19.5. The van der Waals surface area contributed by atoms with Gasteiger partial charge in [-0.05, 0) is 19.3 Å². The van der Waals surface area contributed by atoms with Crippen molar-refractivity contribution >= 4 is 11.9 Å². The van der Waals surface area contributed by atoms with Crippen molar-refractivity contribution in [2.75, 3.05) is 53.4 Å². The summed E-state index contributed by atoms with van der Waals surface area (Å²) >= 11 is 0. The van der Waals surface area contributed by atoms with Crippen molar-refractivity contribution in [1.29, 1.82) is 0 Å². The maximum Gasteiger partial charge on any atom is 0.335 e. The van der Waals surface area contributed by atoms with E-state index in [0.717, 1.165) is 0 Å². The molecule has 0 aliphatic carbocycles. The fraction of sp³-hybridized carbons (Fsp3) is 0.895. The Kier molecular flexibility index (Phi) is 9.66. The zero-order valence-corrected chi connectivity index (χ0v) is 16.8. The molecule has 0 aromatic rings. The maximum absolute atomic E-state index is 9.77. The van der Waals surface area contributed by atoms with E-state index in [1.807, 2.05) is 0 Å². The summed E-state index contributed by atoms with van der Waals surface area (Å²) in [6.07, 6.45) is 5.69. The molecule has 8 heteroatoms. The number of carboxylic acids is 2. The third-order valence-electron chi connectivity index (χ3n) is 5.99. The highest BCUT2D eigenvalue weighted by molar-refractivity contribution is 5.83. The summed E-state index contributed by atoms with van der Waals surface area (Å²) in [5, 5.41) is 32.5. The molecule has 158 valence electrons. The topological polar surface area (TPSA) is 115 Å². The summed E-state index contributed by atoms with van der Waals surface area (Å²) in [5.41, 5.74) is 0. The van der Waals surface area contributed by atoms with Crippen LogP contribution < -0.4 is 0 Å². The lowest BCUT2D eigenvalue weighted by molar-refractivity contribution is -0.899. The van der Waals surface area contributed by atoms with Crippen LogP contribution in [-0.2, 0) is 9.59 Å². The Labute approximate surface area is 162 Å². The maximum atomic E-state index is 9.77. The van der Waals surface area contributed by atoms with Crippen molar-refractivity contribution in [1.82, 2.24) is 0 Å². The summed E-state index contributed by atoms with van der Waals surface area (Å²) < 4.78 is 2.73. The van der Waals surface area contributed by atoms with E-state index in [1.54, 1.807) is 0 Å². The van der Waals surface area contributed by atoms with E-state index in [9.17, 15) is 9.59 Å². The fourth-order valence-corrected chi connectivity index (χ4v) is 4.08. The number of quaternary nitrogens is 2. The van der Waals surface area contributed by atoms with Gasteiger partial charge in [-0.2, -0.15) is 0 Å². The second-order valence-electron chi connectivity index (χ2n) is 8.62. The van der Waals surface area contributed by atoms with Crippen molar-refractivity contribution < 1.29 is 39.0 Å². The normalized spacial score (nSPS) is 22.5. The van der Waals surface area contributed by atoms with Crippen LogP contribution in [0.5, 0.6) is 0 Å². The van der Waals surface area contributed by atoms with Crippen LogP contribution >= 0.6 is 0 Å². The molecule has 0 spiro atoms. The number of rotatable bonds is 9. The number of hydrogen-bond acceptors (Lipinski definition) is 4. The predicted molar refractivity (Wildman–Crippen MR) is 101 cm³/mol. The molecule has 2 saturated heterocycles. The number of aliphatic carboxylic acids is 2. The highest BCUT2D eigenvalue weighted by atomic mass is 16.4. The first-order valence-electron chi connectivity index (χ1n) is 10.1. The predicted octanol–water partition coefficient (Wildman–Crippen LogP) is 0.515. The van der Waals surface area contributed by atoms with E-state index in [1.165, 1.54) is 93.2 Å². The zero-order chi connectivity index (χ0) is 20.5. The first-order chi connectivity index (χ1) is 12.6. The Morgan fingerprint density at radius 2 is 1.00 bits per heavy atom. The van der Waals surface area contributed by atoms with Gasteiger partial charge >= 0.3 is 11.9 Å².